The smallest absolute Gasteiger partial charge is 0.261 e. The van der Waals surface area contributed by atoms with Gasteiger partial charge in [0.05, 0.1) is 63.1 Å². The Balaban J connectivity index is 0.000000192. The maximum absolute atomic E-state index is 12.7. The van der Waals surface area contributed by atoms with Crippen molar-refractivity contribution in [3.63, 3.8) is 0 Å². The maximum Gasteiger partial charge on any atom is 0.261 e. The lowest BCUT2D eigenvalue weighted by molar-refractivity contribution is 0.601. The first-order valence-electron chi connectivity index (χ1n) is 16.5. The summed E-state index contributed by atoms with van der Waals surface area (Å²) in [6.45, 7) is 10.3. The number of nitrogens with two attached hydrogens (primary N) is 1. The predicted octanol–water partition coefficient (Wildman–Crippen LogP) is 7.27. The Morgan fingerprint density at radius 3 is 1.65 bits per heavy atom. The van der Waals surface area contributed by atoms with Gasteiger partial charge in [0.15, 0.2) is 11.6 Å². The molecule has 1 aromatic carbocycles. The van der Waals surface area contributed by atoms with E-state index in [1.165, 1.54) is 6.20 Å². The molecule has 0 spiro atoms. The molecule has 0 aliphatic heterocycles. The molecule has 0 aliphatic rings. The molecule has 6 heterocycles. The van der Waals surface area contributed by atoms with Crippen LogP contribution in [0.3, 0.4) is 0 Å². The van der Waals surface area contributed by atoms with E-state index in [1.54, 1.807) is 61.1 Å². The Morgan fingerprint density at radius 2 is 1.12 bits per heavy atom. The van der Waals surface area contributed by atoms with Gasteiger partial charge in [-0.3, -0.25) is 14.7 Å². The van der Waals surface area contributed by atoms with Crippen LogP contribution in [0, 0.1) is 6.92 Å². The predicted molar refractivity (Wildman–Crippen MR) is 204 cm³/mol. The van der Waals surface area contributed by atoms with Crippen molar-refractivity contribution in [2.45, 2.75) is 51.3 Å². The van der Waals surface area contributed by atoms with Crippen LogP contribution in [0.2, 0.25) is 0 Å². The van der Waals surface area contributed by atoms with Crippen LogP contribution < -0.4 is 21.1 Å². The second-order valence-electron chi connectivity index (χ2n) is 12.7. The van der Waals surface area contributed by atoms with Gasteiger partial charge in [0.2, 0.25) is 0 Å². The largest absolute Gasteiger partial charge is 0.397 e. The number of rotatable bonds is 9. The zero-order chi connectivity index (χ0) is 36.8. The van der Waals surface area contributed by atoms with Crippen LogP contribution in [0.25, 0.3) is 22.1 Å². The molecule has 15 heteroatoms. The highest BCUT2D eigenvalue weighted by Gasteiger charge is 2.15. The van der Waals surface area contributed by atoms with Crippen molar-refractivity contribution in [2.24, 2.45) is 0 Å². The van der Waals surface area contributed by atoms with Gasteiger partial charge in [0.25, 0.3) is 10.0 Å². The van der Waals surface area contributed by atoms with Gasteiger partial charge in [-0.15, -0.1) is 10.2 Å². The molecule has 14 nitrogen and oxygen atoms in total. The van der Waals surface area contributed by atoms with Crippen LogP contribution in [0.1, 0.15) is 56.2 Å². The summed E-state index contributed by atoms with van der Waals surface area (Å²) in [5, 5.41) is 22.5. The Bertz CT molecular complexity index is 2460. The lowest BCUT2D eigenvalue weighted by Gasteiger charge is -2.10. The molecule has 0 amide bonds. The minimum absolute atomic E-state index is 0.185. The number of sulfonamides is 1. The summed E-state index contributed by atoms with van der Waals surface area (Å²) in [5.74, 6) is 3.23. The molecular weight excluding hydrogens is 677 g/mol. The Labute approximate surface area is 301 Å². The van der Waals surface area contributed by atoms with Crippen LogP contribution in [0.15, 0.2) is 102 Å². The van der Waals surface area contributed by atoms with E-state index in [2.05, 4.69) is 83.4 Å². The van der Waals surface area contributed by atoms with Crippen molar-refractivity contribution in [1.29, 1.82) is 0 Å². The molecular formula is C37H38N12O2S. The summed E-state index contributed by atoms with van der Waals surface area (Å²) in [6.07, 6.45) is 6.60. The van der Waals surface area contributed by atoms with E-state index in [0.717, 1.165) is 27.7 Å². The standard InChI is InChI=1S/C22H22N6O2S.C15H16N6/c1-14(2)16-10-22(27-24-12-16)26-21-9-8-19-20(25-21)11-17(13-23-19)28-31(29,30)18-6-4-15(3)5-7-18;1-9(2)10-5-15(21-18-7-10)20-14-4-3-12-13(19-14)6-11(16)8-17-12/h4-14,28H,1-3H3,(H,25,26,27);3-9H,16H2,1-2H3,(H,19,20,21). The molecule has 0 saturated carbocycles. The summed E-state index contributed by atoms with van der Waals surface area (Å²) < 4.78 is 27.9. The molecule has 0 bridgehead atoms. The first kappa shape index (κ1) is 35.5. The second kappa shape index (κ2) is 15.3. The molecule has 7 rings (SSSR count). The molecule has 0 fully saturated rings. The van der Waals surface area contributed by atoms with Crippen molar-refractivity contribution in [3.05, 3.63) is 114 Å². The van der Waals surface area contributed by atoms with Crippen LogP contribution in [-0.4, -0.2) is 48.7 Å². The molecule has 0 saturated heterocycles. The zero-order valence-corrected chi connectivity index (χ0v) is 30.1. The Morgan fingerprint density at radius 1 is 0.596 bits per heavy atom. The molecule has 0 unspecified atom stereocenters. The highest BCUT2D eigenvalue weighted by Crippen LogP contribution is 2.24. The summed E-state index contributed by atoms with van der Waals surface area (Å²) in [4.78, 5) is 17.7. The van der Waals surface area contributed by atoms with Gasteiger partial charge in [0, 0.05) is 0 Å². The van der Waals surface area contributed by atoms with Crippen molar-refractivity contribution >= 4 is 66.7 Å². The summed E-state index contributed by atoms with van der Waals surface area (Å²) >= 11 is 0. The number of nitrogens with zero attached hydrogens (tertiary/aromatic N) is 8. The number of anilines is 6. The van der Waals surface area contributed by atoms with Gasteiger partial charge in [-0.2, -0.15) is 10.2 Å². The third-order valence-electron chi connectivity index (χ3n) is 7.88. The minimum atomic E-state index is -3.72. The average Bonchev–Trinajstić information content (AvgIpc) is 3.12. The summed E-state index contributed by atoms with van der Waals surface area (Å²) in [6, 6.07) is 21.3. The van der Waals surface area contributed by atoms with Crippen LogP contribution in [0.5, 0.6) is 0 Å². The monoisotopic (exact) mass is 714 g/mol. The van der Waals surface area contributed by atoms with Crippen molar-refractivity contribution in [3.8, 4) is 0 Å². The lowest BCUT2D eigenvalue weighted by Crippen LogP contribution is -2.13. The topological polar surface area (TPSA) is 199 Å². The zero-order valence-electron chi connectivity index (χ0n) is 29.3. The molecule has 5 N–H and O–H groups in total. The van der Waals surface area contributed by atoms with Crippen LogP contribution in [0.4, 0.5) is 34.6 Å². The van der Waals surface area contributed by atoms with Crippen LogP contribution in [-0.2, 0) is 10.0 Å². The minimum Gasteiger partial charge on any atom is -0.397 e. The third kappa shape index (κ3) is 8.86. The van der Waals surface area contributed by atoms with Gasteiger partial charge in [0.1, 0.15) is 11.6 Å². The van der Waals surface area contributed by atoms with E-state index in [0.29, 0.717) is 57.5 Å². The van der Waals surface area contributed by atoms with E-state index >= 15 is 0 Å². The molecule has 0 aliphatic carbocycles. The Hall–Kier alpha value is -6.35. The number of nitrogens with one attached hydrogen (secondary N) is 3. The van der Waals surface area contributed by atoms with E-state index in [1.807, 2.05) is 37.3 Å². The summed E-state index contributed by atoms with van der Waals surface area (Å²) in [5.41, 5.74) is 12.6. The van der Waals surface area contributed by atoms with Gasteiger partial charge in [-0.1, -0.05) is 45.4 Å². The van der Waals surface area contributed by atoms with Crippen molar-refractivity contribution in [1.82, 2.24) is 40.3 Å². The fourth-order valence-corrected chi connectivity index (χ4v) is 5.97. The molecule has 52 heavy (non-hydrogen) atoms. The normalized spacial score (nSPS) is 11.4. The van der Waals surface area contributed by atoms with Gasteiger partial charge < -0.3 is 16.4 Å². The number of hydrogen-bond donors (Lipinski definition) is 4. The fourth-order valence-electron chi connectivity index (χ4n) is 4.93. The van der Waals surface area contributed by atoms with Gasteiger partial charge >= 0.3 is 0 Å². The number of hydrogen-bond acceptors (Lipinski definition) is 13. The summed E-state index contributed by atoms with van der Waals surface area (Å²) in [7, 11) is -3.72. The number of nitrogen functional groups attached to an aromatic ring is 1. The number of aryl methyl sites for hydroxylation is 1. The Kier molecular flexibility index (Phi) is 10.4. The van der Waals surface area contributed by atoms with Gasteiger partial charge in [-0.05, 0) is 90.6 Å². The lowest BCUT2D eigenvalue weighted by atomic mass is 10.1. The first-order chi connectivity index (χ1) is 24.9. The highest BCUT2D eigenvalue weighted by molar-refractivity contribution is 7.92. The van der Waals surface area contributed by atoms with E-state index < -0.39 is 10.0 Å². The molecule has 7 aromatic rings. The maximum atomic E-state index is 12.7. The van der Waals surface area contributed by atoms with Crippen molar-refractivity contribution in [2.75, 3.05) is 21.1 Å². The molecule has 6 aromatic heterocycles. The second-order valence-corrected chi connectivity index (χ2v) is 14.4. The SMILES string of the molecule is CC(C)c1cnnc(Nc2ccc3ncc(N)cc3n2)c1.Cc1ccc(S(=O)(=O)Nc2cnc3ccc(Nc4cc(C(C)C)cnn4)nc3c2)cc1. The van der Waals surface area contributed by atoms with Crippen LogP contribution >= 0.6 is 0 Å². The quantitative estimate of drug-likeness (QED) is 0.117. The molecule has 264 valence electrons. The number of pyridine rings is 4. The molecule has 0 radical (unpaired) electrons. The van der Waals surface area contributed by atoms with E-state index in [-0.39, 0.29) is 4.90 Å². The highest BCUT2D eigenvalue weighted by atomic mass is 32.2. The molecule has 0 atom stereocenters. The van der Waals surface area contributed by atoms with Crippen molar-refractivity contribution < 1.29 is 8.42 Å². The average molecular weight is 715 g/mol. The fraction of sp³-hybridized carbons (Fsp3) is 0.189. The van der Waals surface area contributed by atoms with Gasteiger partial charge in [-0.25, -0.2) is 18.4 Å². The number of aromatic nitrogens is 8. The third-order valence-corrected chi connectivity index (χ3v) is 9.27. The number of fused-ring (bicyclic) bond motifs is 2. The van der Waals surface area contributed by atoms with E-state index in [4.69, 9.17) is 5.73 Å². The van der Waals surface area contributed by atoms with E-state index in [9.17, 15) is 8.42 Å². The number of benzene rings is 1. The first-order valence-corrected chi connectivity index (χ1v) is 18.0.